The third-order valence-corrected chi connectivity index (χ3v) is 3.09. The molecule has 0 heteroatoms. The summed E-state index contributed by atoms with van der Waals surface area (Å²) in [6.07, 6.45) is 2.74. The van der Waals surface area contributed by atoms with E-state index in [1.807, 2.05) is 0 Å². The second-order valence-corrected chi connectivity index (χ2v) is 4.94. The Morgan fingerprint density at radius 2 is 1.83 bits per heavy atom. The monoisotopic (exact) mass is 166 g/mol. The van der Waals surface area contributed by atoms with Crippen LogP contribution in [0.2, 0.25) is 0 Å². The number of hydrogen-bond acceptors (Lipinski definition) is 0. The highest BCUT2D eigenvalue weighted by molar-refractivity contribution is 5.24. The molecule has 1 aliphatic rings. The van der Waals surface area contributed by atoms with Crippen molar-refractivity contribution in [1.82, 2.24) is 0 Å². The lowest BCUT2D eigenvalue weighted by molar-refractivity contribution is 0.393. The molecule has 3 atom stereocenters. The summed E-state index contributed by atoms with van der Waals surface area (Å²) in [6, 6.07) is 0. The van der Waals surface area contributed by atoms with Gasteiger partial charge in [-0.05, 0) is 36.5 Å². The van der Waals surface area contributed by atoms with Gasteiger partial charge in [0.1, 0.15) is 0 Å². The van der Waals surface area contributed by atoms with Gasteiger partial charge in [-0.3, -0.25) is 0 Å². The summed E-state index contributed by atoms with van der Waals surface area (Å²) in [5, 5.41) is 0. The van der Waals surface area contributed by atoms with Crippen molar-refractivity contribution in [3.05, 3.63) is 12.2 Å². The van der Waals surface area contributed by atoms with E-state index in [1.54, 1.807) is 0 Å². The first-order chi connectivity index (χ1) is 5.52. The first kappa shape index (κ1) is 9.83. The Labute approximate surface area is 77.1 Å². The normalized spacial score (nSPS) is 30.9. The second-order valence-electron chi connectivity index (χ2n) is 4.94. The highest BCUT2D eigenvalue weighted by Gasteiger charge is 2.38. The molecule has 0 aliphatic heterocycles. The van der Waals surface area contributed by atoms with Gasteiger partial charge in [0.15, 0.2) is 0 Å². The zero-order valence-electron chi connectivity index (χ0n) is 8.93. The van der Waals surface area contributed by atoms with Crippen molar-refractivity contribution in [3.8, 4) is 0 Å². The zero-order chi connectivity index (χ0) is 9.30. The third-order valence-electron chi connectivity index (χ3n) is 3.09. The van der Waals surface area contributed by atoms with Gasteiger partial charge >= 0.3 is 0 Å². The Balaban J connectivity index is 2.19. The molecule has 0 nitrogen and oxygen atoms in total. The van der Waals surface area contributed by atoms with Crippen molar-refractivity contribution in [1.29, 1.82) is 0 Å². The molecule has 1 aliphatic carbocycles. The van der Waals surface area contributed by atoms with Crippen molar-refractivity contribution < 1.29 is 0 Å². The van der Waals surface area contributed by atoms with Crippen LogP contribution in [0, 0.1) is 23.7 Å². The van der Waals surface area contributed by atoms with Gasteiger partial charge in [-0.1, -0.05) is 39.8 Å². The van der Waals surface area contributed by atoms with Crippen LogP contribution in [0.5, 0.6) is 0 Å². The molecule has 0 aromatic rings. The van der Waals surface area contributed by atoms with Gasteiger partial charge in [-0.15, -0.1) is 0 Å². The molecule has 0 bridgehead atoms. The highest BCUT2D eigenvalue weighted by atomic mass is 14.4. The molecule has 70 valence electrons. The topological polar surface area (TPSA) is 0 Å². The third kappa shape index (κ3) is 2.36. The maximum atomic E-state index is 4.06. The van der Waals surface area contributed by atoms with Crippen molar-refractivity contribution in [2.24, 2.45) is 23.7 Å². The van der Waals surface area contributed by atoms with Crippen LogP contribution in [0.1, 0.15) is 40.5 Å². The van der Waals surface area contributed by atoms with E-state index >= 15 is 0 Å². The fourth-order valence-corrected chi connectivity index (χ4v) is 2.23. The van der Waals surface area contributed by atoms with E-state index in [9.17, 15) is 0 Å². The molecule has 0 heterocycles. The first-order valence-electron chi connectivity index (χ1n) is 5.21. The second kappa shape index (κ2) is 3.64. The lowest BCUT2D eigenvalue weighted by Crippen LogP contribution is -2.01. The molecule has 3 unspecified atom stereocenters. The number of hydrogen-bond donors (Lipinski definition) is 0. The van der Waals surface area contributed by atoms with E-state index in [1.165, 1.54) is 18.4 Å². The number of rotatable bonds is 4. The van der Waals surface area contributed by atoms with Gasteiger partial charge in [0.2, 0.25) is 0 Å². The van der Waals surface area contributed by atoms with Crippen LogP contribution in [0.4, 0.5) is 0 Å². The van der Waals surface area contributed by atoms with E-state index in [4.69, 9.17) is 0 Å². The summed E-state index contributed by atoms with van der Waals surface area (Å²) in [6.45, 7) is 13.3. The van der Waals surface area contributed by atoms with Crippen LogP contribution < -0.4 is 0 Å². The average Bonchev–Trinajstić information content (AvgIpc) is 2.43. The molecule has 0 amide bonds. The molecular weight excluding hydrogens is 144 g/mol. The standard InChI is InChI=1S/C12H22/c1-8(2)6-9(3)7-12-10(4)11(12)5/h8-9,11-12H,4,6-7H2,1-3,5H3. The van der Waals surface area contributed by atoms with Gasteiger partial charge in [-0.25, -0.2) is 0 Å². The first-order valence-corrected chi connectivity index (χ1v) is 5.21. The fraction of sp³-hybridized carbons (Fsp3) is 0.833. The lowest BCUT2D eigenvalue weighted by Gasteiger charge is -2.12. The van der Waals surface area contributed by atoms with Crippen molar-refractivity contribution in [2.75, 3.05) is 0 Å². The highest BCUT2D eigenvalue weighted by Crippen LogP contribution is 2.48. The van der Waals surface area contributed by atoms with Gasteiger partial charge in [0, 0.05) is 0 Å². The minimum Gasteiger partial charge on any atom is -0.0993 e. The summed E-state index contributed by atoms with van der Waals surface area (Å²) in [5.74, 6) is 3.41. The van der Waals surface area contributed by atoms with Crippen LogP contribution in [0.25, 0.3) is 0 Å². The zero-order valence-corrected chi connectivity index (χ0v) is 8.93. The maximum absolute atomic E-state index is 4.06. The Morgan fingerprint density at radius 1 is 1.33 bits per heavy atom. The van der Waals surface area contributed by atoms with E-state index in [2.05, 4.69) is 34.3 Å². The summed E-state index contributed by atoms with van der Waals surface area (Å²) >= 11 is 0. The van der Waals surface area contributed by atoms with Gasteiger partial charge < -0.3 is 0 Å². The summed E-state index contributed by atoms with van der Waals surface area (Å²) in [7, 11) is 0. The van der Waals surface area contributed by atoms with E-state index < -0.39 is 0 Å². The molecule has 0 radical (unpaired) electrons. The molecule has 12 heavy (non-hydrogen) atoms. The van der Waals surface area contributed by atoms with Crippen molar-refractivity contribution >= 4 is 0 Å². The molecule has 0 N–H and O–H groups in total. The van der Waals surface area contributed by atoms with Crippen LogP contribution in [0.15, 0.2) is 12.2 Å². The molecule has 0 saturated heterocycles. The molecule has 0 aromatic heterocycles. The molecule has 1 rings (SSSR count). The fourth-order valence-electron chi connectivity index (χ4n) is 2.23. The van der Waals surface area contributed by atoms with Gasteiger partial charge in [-0.2, -0.15) is 0 Å². The van der Waals surface area contributed by atoms with Crippen molar-refractivity contribution in [3.63, 3.8) is 0 Å². The average molecular weight is 166 g/mol. The Hall–Kier alpha value is -0.260. The molecule has 1 saturated carbocycles. The van der Waals surface area contributed by atoms with Crippen LogP contribution in [0.3, 0.4) is 0 Å². The lowest BCUT2D eigenvalue weighted by atomic mass is 9.93. The Morgan fingerprint density at radius 3 is 2.17 bits per heavy atom. The van der Waals surface area contributed by atoms with Crippen molar-refractivity contribution in [2.45, 2.75) is 40.5 Å². The molecule has 1 fully saturated rings. The predicted molar refractivity (Wildman–Crippen MR) is 55.0 cm³/mol. The Kier molecular flexibility index (Phi) is 2.98. The van der Waals surface area contributed by atoms with E-state index in [-0.39, 0.29) is 0 Å². The van der Waals surface area contributed by atoms with Gasteiger partial charge in [0.05, 0.1) is 0 Å². The predicted octanol–water partition coefficient (Wildman–Crippen LogP) is 3.88. The SMILES string of the molecule is C=C1C(C)C1CC(C)CC(C)C. The number of allylic oxidation sites excluding steroid dienone is 1. The van der Waals surface area contributed by atoms with Crippen LogP contribution in [-0.4, -0.2) is 0 Å². The Bertz CT molecular complexity index is 167. The van der Waals surface area contributed by atoms with Gasteiger partial charge in [0.25, 0.3) is 0 Å². The molecular formula is C12H22. The van der Waals surface area contributed by atoms with E-state index in [0.29, 0.717) is 0 Å². The minimum atomic E-state index is 0.819. The van der Waals surface area contributed by atoms with Crippen LogP contribution >= 0.6 is 0 Å². The maximum Gasteiger partial charge on any atom is -0.0137 e. The molecule has 0 aromatic carbocycles. The smallest absolute Gasteiger partial charge is 0.0137 e. The van der Waals surface area contributed by atoms with E-state index in [0.717, 1.165) is 23.7 Å². The quantitative estimate of drug-likeness (QED) is 0.556. The summed E-state index contributed by atoms with van der Waals surface area (Å²) in [4.78, 5) is 0. The van der Waals surface area contributed by atoms with Crippen LogP contribution in [-0.2, 0) is 0 Å². The summed E-state index contributed by atoms with van der Waals surface area (Å²) in [5.41, 5.74) is 1.49. The minimum absolute atomic E-state index is 0.819. The largest absolute Gasteiger partial charge is 0.0993 e. The summed E-state index contributed by atoms with van der Waals surface area (Å²) < 4.78 is 0. The molecule has 0 spiro atoms.